The van der Waals surface area contributed by atoms with Gasteiger partial charge in [-0.1, -0.05) is 31.5 Å². The van der Waals surface area contributed by atoms with E-state index in [-0.39, 0.29) is 5.91 Å². The summed E-state index contributed by atoms with van der Waals surface area (Å²) < 4.78 is 0. The van der Waals surface area contributed by atoms with Crippen LogP contribution in [-0.4, -0.2) is 17.6 Å². The Labute approximate surface area is 156 Å². The average Bonchev–Trinajstić information content (AvgIpc) is 2.97. The standard InChI is InChI=1S/C19H22N2O2S2/c1-2-12-8-9-14-15(10-12)25-19(17(14)18(20)23)21-16(22)11-24-13-6-4-3-5-7-13/h3-7,12H,2,8-11H2,1H3,(H2,20,23)(H,21,22). The van der Waals surface area contributed by atoms with E-state index in [1.807, 2.05) is 30.3 Å². The van der Waals surface area contributed by atoms with E-state index in [1.165, 1.54) is 28.0 Å². The normalized spacial score (nSPS) is 16.3. The predicted molar refractivity (Wildman–Crippen MR) is 104 cm³/mol. The number of rotatable bonds is 6. The summed E-state index contributed by atoms with van der Waals surface area (Å²) in [5.74, 6) is 0.409. The Balaban J connectivity index is 1.72. The summed E-state index contributed by atoms with van der Waals surface area (Å²) in [5, 5.41) is 3.53. The summed E-state index contributed by atoms with van der Waals surface area (Å²) in [4.78, 5) is 26.5. The first kappa shape index (κ1) is 18.0. The molecule has 0 spiro atoms. The third-order valence-electron chi connectivity index (χ3n) is 4.56. The molecule has 1 unspecified atom stereocenters. The lowest BCUT2D eigenvalue weighted by Crippen LogP contribution is -2.20. The van der Waals surface area contributed by atoms with Crippen LogP contribution >= 0.6 is 23.1 Å². The van der Waals surface area contributed by atoms with Gasteiger partial charge in [0.2, 0.25) is 5.91 Å². The van der Waals surface area contributed by atoms with Gasteiger partial charge in [-0.25, -0.2) is 0 Å². The van der Waals surface area contributed by atoms with Gasteiger partial charge in [0, 0.05) is 9.77 Å². The highest BCUT2D eigenvalue weighted by molar-refractivity contribution is 8.00. The monoisotopic (exact) mass is 374 g/mol. The number of anilines is 1. The lowest BCUT2D eigenvalue weighted by Gasteiger charge is -2.20. The summed E-state index contributed by atoms with van der Waals surface area (Å²) in [6.45, 7) is 2.20. The van der Waals surface area contributed by atoms with Crippen molar-refractivity contribution in [2.75, 3.05) is 11.1 Å². The highest BCUT2D eigenvalue weighted by Crippen LogP contribution is 2.40. The van der Waals surface area contributed by atoms with Gasteiger partial charge >= 0.3 is 0 Å². The van der Waals surface area contributed by atoms with Crippen molar-refractivity contribution in [2.24, 2.45) is 11.7 Å². The molecule has 3 rings (SSSR count). The lowest BCUT2D eigenvalue weighted by molar-refractivity contribution is -0.113. The number of nitrogens with two attached hydrogens (primary N) is 1. The van der Waals surface area contributed by atoms with Crippen LogP contribution < -0.4 is 11.1 Å². The molecule has 0 radical (unpaired) electrons. The Hall–Kier alpha value is -1.79. The maximum atomic E-state index is 12.3. The van der Waals surface area contributed by atoms with Gasteiger partial charge in [0.25, 0.3) is 5.91 Å². The van der Waals surface area contributed by atoms with E-state index in [0.717, 1.165) is 36.1 Å². The number of thioether (sulfide) groups is 1. The maximum Gasteiger partial charge on any atom is 0.251 e. The van der Waals surface area contributed by atoms with Crippen LogP contribution in [0.1, 0.15) is 40.6 Å². The van der Waals surface area contributed by atoms with Crippen molar-refractivity contribution in [3.8, 4) is 0 Å². The fraction of sp³-hybridized carbons (Fsp3) is 0.368. The van der Waals surface area contributed by atoms with Crippen LogP contribution in [0.2, 0.25) is 0 Å². The number of carbonyl (C=O) groups is 2. The second kappa shape index (κ2) is 8.06. The molecule has 1 aromatic carbocycles. The molecule has 4 nitrogen and oxygen atoms in total. The number of carbonyl (C=O) groups excluding carboxylic acids is 2. The minimum Gasteiger partial charge on any atom is -0.365 e. The molecule has 2 aromatic rings. The van der Waals surface area contributed by atoms with Crippen molar-refractivity contribution in [1.29, 1.82) is 0 Å². The van der Waals surface area contributed by atoms with E-state index in [0.29, 0.717) is 22.2 Å². The summed E-state index contributed by atoms with van der Waals surface area (Å²) in [6.07, 6.45) is 4.07. The molecule has 0 bridgehead atoms. The quantitative estimate of drug-likeness (QED) is 0.748. The van der Waals surface area contributed by atoms with Crippen molar-refractivity contribution < 1.29 is 9.59 Å². The molecule has 1 aliphatic carbocycles. The van der Waals surface area contributed by atoms with Crippen LogP contribution in [0.25, 0.3) is 0 Å². The van der Waals surface area contributed by atoms with Crippen molar-refractivity contribution in [1.82, 2.24) is 0 Å². The third kappa shape index (κ3) is 4.25. The summed E-state index contributed by atoms with van der Waals surface area (Å²) in [7, 11) is 0. The van der Waals surface area contributed by atoms with Crippen LogP contribution in [0.15, 0.2) is 35.2 Å². The summed E-state index contributed by atoms with van der Waals surface area (Å²) in [6, 6.07) is 9.79. The third-order valence-corrected chi connectivity index (χ3v) is 6.74. The number of hydrogen-bond acceptors (Lipinski definition) is 4. The van der Waals surface area contributed by atoms with Gasteiger partial charge in [-0.05, 0) is 42.9 Å². The molecule has 1 heterocycles. The number of primary amides is 1. The maximum absolute atomic E-state index is 12.3. The number of thiophene rings is 1. The molecule has 0 fully saturated rings. The second-order valence-corrected chi connectivity index (χ2v) is 8.39. The van der Waals surface area contributed by atoms with Crippen molar-refractivity contribution in [3.63, 3.8) is 0 Å². The van der Waals surface area contributed by atoms with Crippen molar-refractivity contribution in [2.45, 2.75) is 37.5 Å². The van der Waals surface area contributed by atoms with Crippen molar-refractivity contribution >= 4 is 39.9 Å². The Morgan fingerprint density at radius 3 is 2.76 bits per heavy atom. The molecule has 1 atom stereocenters. The second-order valence-electron chi connectivity index (χ2n) is 6.24. The Bertz CT molecular complexity index is 771. The summed E-state index contributed by atoms with van der Waals surface area (Å²) in [5.41, 5.74) is 7.17. The van der Waals surface area contributed by atoms with E-state index in [1.54, 1.807) is 0 Å². The van der Waals surface area contributed by atoms with Gasteiger partial charge in [0.05, 0.1) is 11.3 Å². The highest BCUT2D eigenvalue weighted by atomic mass is 32.2. The van der Waals surface area contributed by atoms with E-state index in [4.69, 9.17) is 5.73 Å². The first-order valence-corrected chi connectivity index (χ1v) is 10.3. The minimum atomic E-state index is -0.446. The largest absolute Gasteiger partial charge is 0.365 e. The molecule has 0 aliphatic heterocycles. The Morgan fingerprint density at radius 1 is 1.32 bits per heavy atom. The van der Waals surface area contributed by atoms with Gasteiger partial charge in [-0.3, -0.25) is 9.59 Å². The summed E-state index contributed by atoms with van der Waals surface area (Å²) >= 11 is 2.99. The fourth-order valence-corrected chi connectivity index (χ4v) is 5.28. The first-order valence-electron chi connectivity index (χ1n) is 8.50. The van der Waals surface area contributed by atoms with Gasteiger partial charge in [0.15, 0.2) is 0 Å². The number of hydrogen-bond donors (Lipinski definition) is 2. The molecular weight excluding hydrogens is 352 g/mol. The Kier molecular flexibility index (Phi) is 5.81. The number of benzene rings is 1. The van der Waals surface area contributed by atoms with Crippen LogP contribution in [0.4, 0.5) is 5.00 Å². The first-order chi connectivity index (χ1) is 12.1. The predicted octanol–water partition coefficient (Wildman–Crippen LogP) is 4.09. The SMILES string of the molecule is CCC1CCc2c(sc(NC(=O)CSc3ccccc3)c2C(N)=O)C1. The van der Waals surface area contributed by atoms with E-state index in [9.17, 15) is 9.59 Å². The molecule has 1 aromatic heterocycles. The van der Waals surface area contributed by atoms with E-state index in [2.05, 4.69) is 12.2 Å². The molecular formula is C19H22N2O2S2. The van der Waals surface area contributed by atoms with Crippen LogP contribution in [0.5, 0.6) is 0 Å². The molecule has 1 aliphatic rings. The zero-order valence-electron chi connectivity index (χ0n) is 14.2. The average molecular weight is 375 g/mol. The molecule has 132 valence electrons. The van der Waals surface area contributed by atoms with Crippen LogP contribution in [0, 0.1) is 5.92 Å². The van der Waals surface area contributed by atoms with Gasteiger partial charge in [-0.2, -0.15) is 0 Å². The zero-order valence-corrected chi connectivity index (χ0v) is 15.8. The molecule has 6 heteroatoms. The van der Waals surface area contributed by atoms with Gasteiger partial charge in [0.1, 0.15) is 5.00 Å². The molecule has 25 heavy (non-hydrogen) atoms. The molecule has 0 saturated carbocycles. The van der Waals surface area contributed by atoms with E-state index >= 15 is 0 Å². The van der Waals surface area contributed by atoms with Crippen LogP contribution in [-0.2, 0) is 17.6 Å². The number of fused-ring (bicyclic) bond motifs is 1. The van der Waals surface area contributed by atoms with Gasteiger partial charge < -0.3 is 11.1 Å². The Morgan fingerprint density at radius 2 is 2.08 bits per heavy atom. The molecule has 3 N–H and O–H groups in total. The number of nitrogens with one attached hydrogen (secondary N) is 1. The number of amides is 2. The van der Waals surface area contributed by atoms with E-state index < -0.39 is 5.91 Å². The van der Waals surface area contributed by atoms with Crippen LogP contribution in [0.3, 0.4) is 0 Å². The lowest BCUT2D eigenvalue weighted by atomic mass is 9.85. The highest BCUT2D eigenvalue weighted by Gasteiger charge is 2.28. The smallest absolute Gasteiger partial charge is 0.251 e. The van der Waals surface area contributed by atoms with Gasteiger partial charge in [-0.15, -0.1) is 23.1 Å². The topological polar surface area (TPSA) is 72.2 Å². The fourth-order valence-electron chi connectivity index (χ4n) is 3.18. The zero-order chi connectivity index (χ0) is 17.8. The molecule has 2 amide bonds. The van der Waals surface area contributed by atoms with Crippen molar-refractivity contribution in [3.05, 3.63) is 46.3 Å². The molecule has 0 saturated heterocycles. The minimum absolute atomic E-state index is 0.109.